The number of nitrogens with zero attached hydrogens (tertiary/aromatic N) is 2. The molecular formula is C27H26N2O2S. The van der Waals surface area contributed by atoms with Gasteiger partial charge in [-0.3, -0.25) is 0 Å². The summed E-state index contributed by atoms with van der Waals surface area (Å²) in [5, 5.41) is 0. The molecule has 0 aromatic heterocycles. The summed E-state index contributed by atoms with van der Waals surface area (Å²) in [7, 11) is -3.82. The number of aryl methyl sites for hydroxylation is 1. The van der Waals surface area contributed by atoms with Gasteiger partial charge in [0.2, 0.25) is 0 Å². The topological polar surface area (TPSA) is 49.7 Å². The minimum Gasteiger partial charge on any atom is -0.233 e. The summed E-state index contributed by atoms with van der Waals surface area (Å²) in [6.45, 7) is 4.18. The third-order valence-electron chi connectivity index (χ3n) is 7.43. The fourth-order valence-electron chi connectivity index (χ4n) is 5.98. The first-order chi connectivity index (χ1) is 15.5. The fourth-order valence-corrected chi connectivity index (χ4v) is 7.52. The lowest BCUT2D eigenvalue weighted by molar-refractivity contribution is 0.594. The van der Waals surface area contributed by atoms with E-state index in [1.807, 2.05) is 49.4 Å². The lowest BCUT2D eigenvalue weighted by Gasteiger charge is -2.34. The van der Waals surface area contributed by atoms with E-state index < -0.39 is 10.0 Å². The predicted octanol–water partition coefficient (Wildman–Crippen LogP) is 6.09. The zero-order valence-corrected chi connectivity index (χ0v) is 19.1. The number of benzene rings is 3. The van der Waals surface area contributed by atoms with E-state index in [9.17, 15) is 8.42 Å². The molecule has 3 aromatic carbocycles. The highest BCUT2D eigenvalue weighted by Gasteiger charge is 2.75. The Kier molecular flexibility index (Phi) is 4.19. The van der Waals surface area contributed by atoms with Crippen molar-refractivity contribution >= 4 is 27.2 Å². The van der Waals surface area contributed by atoms with Crippen LogP contribution in [0, 0.1) is 12.8 Å². The van der Waals surface area contributed by atoms with Gasteiger partial charge in [-0.2, -0.15) is 0 Å². The monoisotopic (exact) mass is 442 g/mol. The largest absolute Gasteiger partial charge is 0.269 e. The lowest BCUT2D eigenvalue weighted by Crippen LogP contribution is -2.46. The van der Waals surface area contributed by atoms with Crippen molar-refractivity contribution in [2.75, 3.05) is 4.31 Å². The van der Waals surface area contributed by atoms with Gasteiger partial charge in [-0.15, -0.1) is 0 Å². The van der Waals surface area contributed by atoms with E-state index in [0.29, 0.717) is 16.6 Å². The Labute approximate surface area is 189 Å². The summed E-state index contributed by atoms with van der Waals surface area (Å²) >= 11 is 0. The van der Waals surface area contributed by atoms with Crippen molar-refractivity contribution in [1.29, 1.82) is 0 Å². The van der Waals surface area contributed by atoms with Crippen LogP contribution in [-0.4, -0.2) is 14.3 Å². The number of para-hydroxylation sites is 2. The van der Waals surface area contributed by atoms with Crippen LogP contribution in [0.3, 0.4) is 0 Å². The molecule has 1 fully saturated rings. The minimum atomic E-state index is -3.82. The van der Waals surface area contributed by atoms with Gasteiger partial charge in [0.1, 0.15) is 5.84 Å². The molecule has 1 aliphatic carbocycles. The van der Waals surface area contributed by atoms with Gasteiger partial charge >= 0.3 is 0 Å². The molecule has 3 aliphatic rings. The molecule has 0 saturated heterocycles. The van der Waals surface area contributed by atoms with Gasteiger partial charge < -0.3 is 0 Å². The van der Waals surface area contributed by atoms with Gasteiger partial charge in [-0.25, -0.2) is 17.7 Å². The standard InChI is InChI=1S/C27H26N2O2S/c1-3-4-10-22-25-20-9-5-8-13-24(20)29(32(30,31)19-16-14-18(2)15-17-19)26-27(22,25)21-11-6-7-12-23(21)28-26/h5-9,11-17,22,25H,3-4,10H2,1-2H3/t22-,25+,27?/m0/s1. The van der Waals surface area contributed by atoms with E-state index in [1.54, 1.807) is 16.4 Å². The van der Waals surface area contributed by atoms with Crippen LogP contribution >= 0.6 is 0 Å². The summed E-state index contributed by atoms with van der Waals surface area (Å²) in [4.78, 5) is 5.30. The van der Waals surface area contributed by atoms with Crippen LogP contribution in [0.4, 0.5) is 11.4 Å². The molecule has 6 rings (SSSR count). The first kappa shape index (κ1) is 19.7. The van der Waals surface area contributed by atoms with Gasteiger partial charge in [-0.05, 0) is 54.7 Å². The highest BCUT2D eigenvalue weighted by atomic mass is 32.2. The van der Waals surface area contributed by atoms with Crippen molar-refractivity contribution in [3.8, 4) is 0 Å². The van der Waals surface area contributed by atoms with Gasteiger partial charge in [0.15, 0.2) is 0 Å². The second-order valence-electron chi connectivity index (χ2n) is 9.19. The van der Waals surface area contributed by atoms with Crippen molar-refractivity contribution in [3.63, 3.8) is 0 Å². The van der Waals surface area contributed by atoms with Gasteiger partial charge in [0.25, 0.3) is 10.0 Å². The molecule has 1 saturated carbocycles. The van der Waals surface area contributed by atoms with Crippen molar-refractivity contribution in [2.45, 2.75) is 49.3 Å². The third-order valence-corrected chi connectivity index (χ3v) is 9.14. The highest BCUT2D eigenvalue weighted by molar-refractivity contribution is 7.93. The highest BCUT2D eigenvalue weighted by Crippen LogP contribution is 2.75. The quantitative estimate of drug-likeness (QED) is 0.480. The van der Waals surface area contributed by atoms with E-state index in [4.69, 9.17) is 4.99 Å². The van der Waals surface area contributed by atoms with E-state index >= 15 is 0 Å². The Morgan fingerprint density at radius 1 is 0.969 bits per heavy atom. The summed E-state index contributed by atoms with van der Waals surface area (Å²) in [5.41, 5.74) is 4.65. The molecule has 5 heteroatoms. The normalized spacial score (nSPS) is 24.8. The molecule has 0 radical (unpaired) electrons. The number of amidine groups is 1. The molecule has 4 nitrogen and oxygen atoms in total. The second kappa shape index (κ2) is 6.79. The molecule has 1 unspecified atom stereocenters. The zero-order valence-electron chi connectivity index (χ0n) is 18.3. The summed E-state index contributed by atoms with van der Waals surface area (Å²) in [6.07, 6.45) is 3.33. The second-order valence-corrected chi connectivity index (χ2v) is 11.0. The lowest BCUT2D eigenvalue weighted by atomic mass is 9.86. The number of sulfonamides is 1. The van der Waals surface area contributed by atoms with E-state index in [1.165, 1.54) is 5.56 Å². The molecule has 32 heavy (non-hydrogen) atoms. The van der Waals surface area contributed by atoms with Crippen molar-refractivity contribution in [3.05, 3.63) is 89.5 Å². The Balaban J connectivity index is 1.60. The van der Waals surface area contributed by atoms with Crippen LogP contribution < -0.4 is 4.31 Å². The van der Waals surface area contributed by atoms with Gasteiger partial charge in [0, 0.05) is 5.92 Å². The zero-order chi connectivity index (χ0) is 22.1. The summed E-state index contributed by atoms with van der Waals surface area (Å²) < 4.78 is 29.7. The Morgan fingerprint density at radius 2 is 1.69 bits per heavy atom. The molecule has 0 amide bonds. The number of unbranched alkanes of at least 4 members (excludes halogenated alkanes) is 1. The number of hydrogen-bond donors (Lipinski definition) is 0. The maximum atomic E-state index is 14.1. The van der Waals surface area contributed by atoms with Gasteiger partial charge in [0.05, 0.1) is 21.7 Å². The van der Waals surface area contributed by atoms with E-state index in [-0.39, 0.29) is 11.3 Å². The number of hydrogen-bond acceptors (Lipinski definition) is 3. The Morgan fingerprint density at radius 3 is 2.47 bits per heavy atom. The van der Waals surface area contributed by atoms with Crippen LogP contribution in [0.5, 0.6) is 0 Å². The molecule has 0 bridgehead atoms. The molecule has 1 spiro atoms. The Bertz CT molecular complexity index is 1360. The van der Waals surface area contributed by atoms with E-state index in [0.717, 1.165) is 41.8 Å². The smallest absolute Gasteiger partial charge is 0.233 e. The van der Waals surface area contributed by atoms with Crippen LogP contribution in [0.25, 0.3) is 0 Å². The third kappa shape index (κ3) is 2.43. The number of fused-ring (bicyclic) bond motifs is 3. The number of anilines is 1. The number of aliphatic imine (C=N–C) groups is 1. The fraction of sp³-hybridized carbons (Fsp3) is 0.296. The molecule has 2 heterocycles. The molecule has 3 aromatic rings. The van der Waals surface area contributed by atoms with Crippen LogP contribution in [0.2, 0.25) is 0 Å². The molecule has 2 aliphatic heterocycles. The van der Waals surface area contributed by atoms with Crippen LogP contribution in [-0.2, 0) is 15.4 Å². The first-order valence-corrected chi connectivity index (χ1v) is 12.8. The average molecular weight is 443 g/mol. The first-order valence-electron chi connectivity index (χ1n) is 11.4. The van der Waals surface area contributed by atoms with Crippen molar-refractivity contribution < 1.29 is 8.42 Å². The van der Waals surface area contributed by atoms with Crippen molar-refractivity contribution in [2.24, 2.45) is 10.9 Å². The molecule has 0 N–H and O–H groups in total. The Hall–Kier alpha value is -2.92. The predicted molar refractivity (Wildman–Crippen MR) is 128 cm³/mol. The number of rotatable bonds is 5. The summed E-state index contributed by atoms with van der Waals surface area (Å²) in [6, 6.07) is 23.3. The molecule has 162 valence electrons. The van der Waals surface area contributed by atoms with Crippen LogP contribution in [0.15, 0.2) is 82.7 Å². The maximum Gasteiger partial charge on any atom is 0.269 e. The van der Waals surface area contributed by atoms with E-state index in [2.05, 4.69) is 25.1 Å². The van der Waals surface area contributed by atoms with Gasteiger partial charge in [-0.1, -0.05) is 73.9 Å². The minimum absolute atomic E-state index is 0.275. The maximum absolute atomic E-state index is 14.1. The molecule has 3 atom stereocenters. The SMILES string of the molecule is CCCC[C@H]1[C@H]2c3ccccc3N(S(=O)(=O)c3ccc(C)cc3)C3=Nc4ccccc4C321. The summed E-state index contributed by atoms with van der Waals surface area (Å²) in [5.74, 6) is 1.32. The average Bonchev–Trinajstić information content (AvgIpc) is 3.36. The molecular weight excluding hydrogens is 416 g/mol. The van der Waals surface area contributed by atoms with Crippen LogP contribution in [0.1, 0.15) is 48.8 Å². The van der Waals surface area contributed by atoms with Crippen molar-refractivity contribution in [1.82, 2.24) is 0 Å².